The number of rotatable bonds is 1. The maximum absolute atomic E-state index is 6.17. The second-order valence-corrected chi connectivity index (χ2v) is 5.57. The molecule has 1 nitrogen and oxygen atoms in total. The molecule has 0 N–H and O–H groups in total. The van der Waals surface area contributed by atoms with Crippen molar-refractivity contribution >= 4 is 0 Å². The van der Waals surface area contributed by atoms with Gasteiger partial charge in [0, 0.05) is 17.0 Å². The minimum atomic E-state index is 0.339. The number of hydrogen-bond acceptors (Lipinski definition) is 1. The molecule has 3 rings (SSSR count). The van der Waals surface area contributed by atoms with Gasteiger partial charge in [-0.15, -0.1) is 0 Å². The summed E-state index contributed by atoms with van der Waals surface area (Å²) in [6.45, 7) is 4.95. The predicted octanol–water partition coefficient (Wildman–Crippen LogP) is 5.35. The largest absolute Gasteiger partial charge is 0.488 e. The van der Waals surface area contributed by atoms with Crippen LogP contribution >= 0.6 is 0 Å². The van der Waals surface area contributed by atoms with Crippen molar-refractivity contribution in [2.75, 3.05) is 6.61 Å². The van der Waals surface area contributed by atoms with Crippen LogP contribution in [0.1, 0.15) is 25.3 Å². The maximum atomic E-state index is 6.17. The zero-order valence-corrected chi connectivity index (χ0v) is 12.5. The van der Waals surface area contributed by atoms with Gasteiger partial charge in [0.15, 0.2) is 0 Å². The molecule has 21 heavy (non-hydrogen) atoms. The van der Waals surface area contributed by atoms with Gasteiger partial charge in [0.1, 0.15) is 12.4 Å². The molecule has 0 bridgehead atoms. The van der Waals surface area contributed by atoms with E-state index in [9.17, 15) is 0 Å². The Bertz CT molecular complexity index is 680. The lowest BCUT2D eigenvalue weighted by Gasteiger charge is -2.18. The molecule has 1 unspecified atom stereocenters. The van der Waals surface area contributed by atoms with E-state index in [1.165, 1.54) is 22.3 Å². The summed E-state index contributed by atoms with van der Waals surface area (Å²) in [6.07, 6.45) is 6.49. The molecule has 2 aromatic rings. The standard InChI is InChI=1S/C20H20O/c1-15-8-6-9-16(2)18-12-7-13-19(20(18)21-14-15)17-10-4-3-5-11-17/h3-13,16H,14H2,1-2H3/b9-6?,15-8-. The van der Waals surface area contributed by atoms with E-state index in [2.05, 4.69) is 74.5 Å². The molecule has 0 fully saturated rings. The number of benzene rings is 2. The highest BCUT2D eigenvalue weighted by Crippen LogP contribution is 2.38. The van der Waals surface area contributed by atoms with Gasteiger partial charge in [0.25, 0.3) is 0 Å². The number of para-hydroxylation sites is 1. The van der Waals surface area contributed by atoms with Crippen LogP contribution in [0.5, 0.6) is 5.75 Å². The highest BCUT2D eigenvalue weighted by Gasteiger charge is 2.15. The summed E-state index contributed by atoms with van der Waals surface area (Å²) < 4.78 is 6.17. The summed E-state index contributed by atoms with van der Waals surface area (Å²) in [4.78, 5) is 0. The minimum Gasteiger partial charge on any atom is -0.488 e. The van der Waals surface area contributed by atoms with Crippen molar-refractivity contribution in [1.29, 1.82) is 0 Å². The number of allylic oxidation sites excluding steroid dienone is 3. The molecule has 1 heterocycles. The lowest BCUT2D eigenvalue weighted by molar-refractivity contribution is 0.349. The second kappa shape index (κ2) is 6.01. The average Bonchev–Trinajstić information content (AvgIpc) is 2.59. The second-order valence-electron chi connectivity index (χ2n) is 5.57. The van der Waals surface area contributed by atoms with Crippen LogP contribution in [0.4, 0.5) is 0 Å². The fourth-order valence-electron chi connectivity index (χ4n) is 2.64. The van der Waals surface area contributed by atoms with Crippen LogP contribution < -0.4 is 4.74 Å². The molecule has 2 aromatic carbocycles. The molecule has 0 amide bonds. The van der Waals surface area contributed by atoms with Gasteiger partial charge >= 0.3 is 0 Å². The average molecular weight is 276 g/mol. The third-order valence-corrected chi connectivity index (χ3v) is 3.85. The van der Waals surface area contributed by atoms with Crippen LogP contribution in [0.3, 0.4) is 0 Å². The first-order valence-corrected chi connectivity index (χ1v) is 7.41. The lowest BCUT2D eigenvalue weighted by atomic mass is 9.94. The normalized spacial score (nSPS) is 20.3. The van der Waals surface area contributed by atoms with Gasteiger partial charge < -0.3 is 4.74 Å². The van der Waals surface area contributed by atoms with Crippen LogP contribution in [-0.2, 0) is 0 Å². The summed E-state index contributed by atoms with van der Waals surface area (Å²) in [6, 6.07) is 16.9. The Kier molecular flexibility index (Phi) is 3.92. The van der Waals surface area contributed by atoms with Crippen molar-refractivity contribution in [3.8, 4) is 16.9 Å². The first-order chi connectivity index (χ1) is 10.3. The number of hydrogen-bond donors (Lipinski definition) is 0. The Hall–Kier alpha value is -2.28. The minimum absolute atomic E-state index is 0.339. The quantitative estimate of drug-likeness (QED) is 0.682. The molecular formula is C20H20O. The summed E-state index contributed by atoms with van der Waals surface area (Å²) >= 11 is 0. The molecule has 0 radical (unpaired) electrons. The van der Waals surface area contributed by atoms with E-state index in [-0.39, 0.29) is 0 Å². The van der Waals surface area contributed by atoms with Crippen molar-refractivity contribution in [2.45, 2.75) is 19.8 Å². The first-order valence-electron chi connectivity index (χ1n) is 7.41. The van der Waals surface area contributed by atoms with Crippen LogP contribution in [0.15, 0.2) is 72.3 Å². The Morgan fingerprint density at radius 2 is 1.81 bits per heavy atom. The van der Waals surface area contributed by atoms with Crippen molar-refractivity contribution < 1.29 is 4.74 Å². The molecule has 106 valence electrons. The van der Waals surface area contributed by atoms with Gasteiger partial charge in [-0.05, 0) is 18.1 Å². The molecule has 1 heteroatoms. The Morgan fingerprint density at radius 3 is 2.62 bits per heavy atom. The van der Waals surface area contributed by atoms with E-state index < -0.39 is 0 Å². The molecule has 1 aliphatic rings. The molecule has 0 aromatic heterocycles. The molecular weight excluding hydrogens is 256 g/mol. The van der Waals surface area contributed by atoms with Crippen molar-refractivity contribution in [3.63, 3.8) is 0 Å². The highest BCUT2D eigenvalue weighted by molar-refractivity contribution is 5.72. The van der Waals surface area contributed by atoms with Crippen LogP contribution in [0, 0.1) is 0 Å². The fraction of sp³-hybridized carbons (Fsp3) is 0.200. The zero-order valence-electron chi connectivity index (χ0n) is 12.5. The topological polar surface area (TPSA) is 9.23 Å². The van der Waals surface area contributed by atoms with Gasteiger partial charge in [-0.1, -0.05) is 73.7 Å². The fourth-order valence-corrected chi connectivity index (χ4v) is 2.64. The van der Waals surface area contributed by atoms with E-state index in [0.717, 1.165) is 5.75 Å². The Morgan fingerprint density at radius 1 is 1.00 bits per heavy atom. The molecule has 1 atom stereocenters. The Balaban J connectivity index is 2.14. The van der Waals surface area contributed by atoms with Crippen LogP contribution in [0.25, 0.3) is 11.1 Å². The van der Waals surface area contributed by atoms with E-state index in [1.54, 1.807) is 0 Å². The van der Waals surface area contributed by atoms with Crippen molar-refractivity contribution in [2.24, 2.45) is 0 Å². The lowest BCUT2D eigenvalue weighted by Crippen LogP contribution is -2.03. The molecule has 0 saturated carbocycles. The van der Waals surface area contributed by atoms with Crippen LogP contribution in [-0.4, -0.2) is 6.61 Å². The van der Waals surface area contributed by atoms with Gasteiger partial charge in [-0.2, -0.15) is 0 Å². The predicted molar refractivity (Wildman–Crippen MR) is 88.7 cm³/mol. The molecule has 0 spiro atoms. The SMILES string of the molecule is C/C1=C/C=CC(C)c2cccc(-c3ccccc3)c2OC1. The van der Waals surface area contributed by atoms with Crippen LogP contribution in [0.2, 0.25) is 0 Å². The summed E-state index contributed by atoms with van der Waals surface area (Å²) in [5.41, 5.74) is 4.85. The van der Waals surface area contributed by atoms with Crippen molar-refractivity contribution in [1.82, 2.24) is 0 Å². The van der Waals surface area contributed by atoms with Gasteiger partial charge in [0.2, 0.25) is 0 Å². The summed E-state index contributed by atoms with van der Waals surface area (Å²) in [5.74, 6) is 1.35. The summed E-state index contributed by atoms with van der Waals surface area (Å²) in [5, 5.41) is 0. The van der Waals surface area contributed by atoms with E-state index in [4.69, 9.17) is 4.74 Å². The third kappa shape index (κ3) is 2.92. The highest BCUT2D eigenvalue weighted by atomic mass is 16.5. The zero-order chi connectivity index (χ0) is 14.7. The third-order valence-electron chi connectivity index (χ3n) is 3.85. The Labute approximate surface area is 126 Å². The maximum Gasteiger partial charge on any atom is 0.131 e. The molecule has 1 aliphatic heterocycles. The number of ether oxygens (including phenoxy) is 1. The molecule has 0 aliphatic carbocycles. The van der Waals surface area contributed by atoms with E-state index in [0.29, 0.717) is 12.5 Å². The van der Waals surface area contributed by atoms with E-state index in [1.807, 2.05) is 6.07 Å². The van der Waals surface area contributed by atoms with E-state index >= 15 is 0 Å². The smallest absolute Gasteiger partial charge is 0.131 e. The van der Waals surface area contributed by atoms with Crippen molar-refractivity contribution in [3.05, 3.63) is 77.9 Å². The number of fused-ring (bicyclic) bond motifs is 1. The molecule has 0 saturated heterocycles. The monoisotopic (exact) mass is 276 g/mol. The van der Waals surface area contributed by atoms with Gasteiger partial charge in [-0.25, -0.2) is 0 Å². The van der Waals surface area contributed by atoms with Gasteiger partial charge in [-0.3, -0.25) is 0 Å². The summed E-state index contributed by atoms with van der Waals surface area (Å²) in [7, 11) is 0. The first kappa shape index (κ1) is 13.7. The van der Waals surface area contributed by atoms with Gasteiger partial charge in [0.05, 0.1) is 0 Å².